The van der Waals surface area contributed by atoms with E-state index < -0.39 is 5.97 Å². The molecule has 1 heterocycles. The quantitative estimate of drug-likeness (QED) is 0.726. The molecule has 0 radical (unpaired) electrons. The second-order valence-electron chi connectivity index (χ2n) is 3.18. The van der Waals surface area contributed by atoms with Gasteiger partial charge in [-0.1, -0.05) is 0 Å². The highest BCUT2D eigenvalue weighted by atomic mass is 16.4. The predicted molar refractivity (Wildman–Crippen MR) is 47.6 cm³/mol. The molecular weight excluding hydrogens is 170 g/mol. The number of rotatable bonds is 3. The van der Waals surface area contributed by atoms with Gasteiger partial charge in [0.25, 0.3) is 0 Å². The van der Waals surface area contributed by atoms with E-state index in [-0.39, 0.29) is 5.69 Å². The second kappa shape index (κ2) is 3.57. The molecule has 0 atom stereocenters. The normalized spacial score (nSPS) is 10.8. The van der Waals surface area contributed by atoms with Crippen LogP contribution in [-0.4, -0.2) is 39.9 Å². The van der Waals surface area contributed by atoms with E-state index in [2.05, 4.69) is 5.10 Å². The summed E-state index contributed by atoms with van der Waals surface area (Å²) in [6, 6.07) is 0. The van der Waals surface area contributed by atoms with Gasteiger partial charge in [-0.15, -0.1) is 0 Å². The van der Waals surface area contributed by atoms with E-state index in [0.29, 0.717) is 6.54 Å². The van der Waals surface area contributed by atoms with Crippen molar-refractivity contribution in [2.75, 3.05) is 14.1 Å². The van der Waals surface area contributed by atoms with Gasteiger partial charge in [0.05, 0.1) is 6.20 Å². The first kappa shape index (κ1) is 9.73. The van der Waals surface area contributed by atoms with Crippen LogP contribution >= 0.6 is 0 Å². The van der Waals surface area contributed by atoms with Crippen molar-refractivity contribution in [2.24, 2.45) is 7.05 Å². The van der Waals surface area contributed by atoms with Crippen LogP contribution in [-0.2, 0) is 13.6 Å². The molecule has 0 bridgehead atoms. The monoisotopic (exact) mass is 183 g/mol. The Labute approximate surface area is 76.6 Å². The highest BCUT2D eigenvalue weighted by Crippen LogP contribution is 2.08. The Morgan fingerprint density at radius 3 is 2.77 bits per heavy atom. The van der Waals surface area contributed by atoms with Crippen LogP contribution < -0.4 is 0 Å². The minimum atomic E-state index is -0.933. The van der Waals surface area contributed by atoms with Crippen molar-refractivity contribution in [3.05, 3.63) is 17.5 Å². The molecule has 72 valence electrons. The highest BCUT2D eigenvalue weighted by Gasteiger charge is 2.15. The maximum atomic E-state index is 10.8. The summed E-state index contributed by atoms with van der Waals surface area (Å²) in [5.74, 6) is -0.933. The summed E-state index contributed by atoms with van der Waals surface area (Å²) in [5.41, 5.74) is 0.994. The predicted octanol–water partition coefficient (Wildman–Crippen LogP) is 0.180. The molecule has 0 saturated heterocycles. The maximum Gasteiger partial charge on any atom is 0.354 e. The molecule has 0 unspecified atom stereocenters. The van der Waals surface area contributed by atoms with Gasteiger partial charge in [-0.2, -0.15) is 5.10 Å². The Hall–Kier alpha value is -1.36. The van der Waals surface area contributed by atoms with Crippen LogP contribution in [0, 0.1) is 0 Å². The van der Waals surface area contributed by atoms with Crippen LogP contribution in [0.15, 0.2) is 6.20 Å². The first-order valence-corrected chi connectivity index (χ1v) is 3.91. The van der Waals surface area contributed by atoms with Crippen LogP contribution in [0.2, 0.25) is 0 Å². The summed E-state index contributed by atoms with van der Waals surface area (Å²) < 4.78 is 1.38. The molecule has 0 aliphatic rings. The summed E-state index contributed by atoms with van der Waals surface area (Å²) >= 11 is 0. The van der Waals surface area contributed by atoms with Crippen molar-refractivity contribution in [3.8, 4) is 0 Å². The van der Waals surface area contributed by atoms with E-state index in [9.17, 15) is 4.79 Å². The summed E-state index contributed by atoms with van der Waals surface area (Å²) in [5, 5.41) is 12.8. The number of aromatic carboxylic acids is 1. The summed E-state index contributed by atoms with van der Waals surface area (Å²) in [6.45, 7) is 0.593. The lowest BCUT2D eigenvalue weighted by molar-refractivity contribution is 0.0683. The zero-order chi connectivity index (χ0) is 10.0. The number of aryl methyl sites for hydroxylation is 1. The summed E-state index contributed by atoms with van der Waals surface area (Å²) in [7, 11) is 5.40. The first-order chi connectivity index (χ1) is 6.02. The zero-order valence-corrected chi connectivity index (χ0v) is 7.98. The smallest absolute Gasteiger partial charge is 0.354 e. The molecule has 0 fully saturated rings. The zero-order valence-electron chi connectivity index (χ0n) is 7.98. The fourth-order valence-corrected chi connectivity index (χ4v) is 1.22. The van der Waals surface area contributed by atoms with E-state index in [0.717, 1.165) is 5.56 Å². The molecule has 0 amide bonds. The lowest BCUT2D eigenvalue weighted by Gasteiger charge is -2.08. The molecule has 0 aromatic carbocycles. The Bertz CT molecular complexity index is 317. The minimum absolute atomic E-state index is 0.258. The molecule has 0 aliphatic heterocycles. The Kier molecular flexibility index (Phi) is 2.67. The van der Waals surface area contributed by atoms with Crippen molar-refractivity contribution in [2.45, 2.75) is 6.54 Å². The van der Waals surface area contributed by atoms with Crippen molar-refractivity contribution in [3.63, 3.8) is 0 Å². The van der Waals surface area contributed by atoms with E-state index in [1.54, 1.807) is 13.2 Å². The van der Waals surface area contributed by atoms with Gasteiger partial charge in [0.15, 0.2) is 5.69 Å². The van der Waals surface area contributed by atoms with E-state index >= 15 is 0 Å². The average molecular weight is 183 g/mol. The topological polar surface area (TPSA) is 58.4 Å². The molecule has 1 aromatic heterocycles. The second-order valence-corrected chi connectivity index (χ2v) is 3.18. The van der Waals surface area contributed by atoms with Gasteiger partial charge in [-0.3, -0.25) is 4.68 Å². The molecule has 1 N–H and O–H groups in total. The highest BCUT2D eigenvalue weighted by molar-refractivity contribution is 5.87. The van der Waals surface area contributed by atoms with Crippen LogP contribution in [0.4, 0.5) is 0 Å². The van der Waals surface area contributed by atoms with E-state index in [1.807, 2.05) is 19.0 Å². The standard InChI is InChI=1S/C8H13N3O2/c1-10(2)5-6-4-9-11(3)7(6)8(12)13/h4H,5H2,1-3H3,(H,12,13). The van der Waals surface area contributed by atoms with E-state index in [4.69, 9.17) is 5.11 Å². The molecular formula is C8H13N3O2. The van der Waals surface area contributed by atoms with E-state index in [1.165, 1.54) is 4.68 Å². The van der Waals surface area contributed by atoms with Gasteiger partial charge in [-0.25, -0.2) is 4.79 Å². The first-order valence-electron chi connectivity index (χ1n) is 3.91. The number of hydrogen-bond donors (Lipinski definition) is 1. The van der Waals surface area contributed by atoms with Crippen molar-refractivity contribution < 1.29 is 9.90 Å². The van der Waals surface area contributed by atoms with Gasteiger partial charge < -0.3 is 10.0 Å². The summed E-state index contributed by atoms with van der Waals surface area (Å²) in [6.07, 6.45) is 1.59. The Balaban J connectivity index is 3.00. The van der Waals surface area contributed by atoms with Crippen molar-refractivity contribution in [1.29, 1.82) is 0 Å². The number of aromatic nitrogens is 2. The summed E-state index contributed by atoms with van der Waals surface area (Å²) in [4.78, 5) is 12.7. The lowest BCUT2D eigenvalue weighted by atomic mass is 10.2. The van der Waals surface area contributed by atoms with Crippen LogP contribution in [0.5, 0.6) is 0 Å². The van der Waals surface area contributed by atoms with Crippen LogP contribution in [0.25, 0.3) is 0 Å². The van der Waals surface area contributed by atoms with Crippen molar-refractivity contribution in [1.82, 2.24) is 14.7 Å². The maximum absolute atomic E-state index is 10.8. The number of carbonyl (C=O) groups is 1. The average Bonchev–Trinajstić information content (AvgIpc) is 2.30. The number of nitrogens with zero attached hydrogens (tertiary/aromatic N) is 3. The van der Waals surface area contributed by atoms with Crippen molar-refractivity contribution >= 4 is 5.97 Å². The number of carboxylic acids is 1. The molecule has 0 saturated carbocycles. The van der Waals surface area contributed by atoms with Gasteiger partial charge in [0.2, 0.25) is 0 Å². The van der Waals surface area contributed by atoms with Crippen LogP contribution in [0.1, 0.15) is 16.1 Å². The molecule has 0 aliphatic carbocycles. The SMILES string of the molecule is CN(C)Cc1cnn(C)c1C(=O)O. The third-order valence-electron chi connectivity index (χ3n) is 1.70. The molecule has 1 rings (SSSR count). The van der Waals surface area contributed by atoms with Crippen LogP contribution in [0.3, 0.4) is 0 Å². The molecule has 5 heteroatoms. The minimum Gasteiger partial charge on any atom is -0.477 e. The van der Waals surface area contributed by atoms with Gasteiger partial charge >= 0.3 is 5.97 Å². The Morgan fingerprint density at radius 1 is 1.69 bits per heavy atom. The molecule has 1 aromatic rings. The largest absolute Gasteiger partial charge is 0.477 e. The Morgan fingerprint density at radius 2 is 2.31 bits per heavy atom. The fraction of sp³-hybridized carbons (Fsp3) is 0.500. The third-order valence-corrected chi connectivity index (χ3v) is 1.70. The number of carboxylic acid groups (broad SMARTS) is 1. The molecule has 0 spiro atoms. The number of hydrogen-bond acceptors (Lipinski definition) is 3. The molecule has 5 nitrogen and oxygen atoms in total. The molecule has 13 heavy (non-hydrogen) atoms. The van der Waals surface area contributed by atoms with Gasteiger partial charge in [-0.05, 0) is 14.1 Å². The fourth-order valence-electron chi connectivity index (χ4n) is 1.22. The van der Waals surface area contributed by atoms with Gasteiger partial charge in [0.1, 0.15) is 0 Å². The van der Waals surface area contributed by atoms with Gasteiger partial charge in [0, 0.05) is 19.2 Å². The third kappa shape index (κ3) is 2.06. The lowest BCUT2D eigenvalue weighted by Crippen LogP contribution is -2.15.